The molecule has 0 spiro atoms. The van der Waals surface area contributed by atoms with Crippen LogP contribution in [-0.4, -0.2) is 83.3 Å². The molecule has 4 aromatic rings. The van der Waals surface area contributed by atoms with Gasteiger partial charge in [-0.2, -0.15) is 5.10 Å². The molecule has 3 heterocycles. The summed E-state index contributed by atoms with van der Waals surface area (Å²) in [5.74, 6) is -0.139. The zero-order valence-corrected chi connectivity index (χ0v) is 24.3. The number of nitrogens with one attached hydrogen (secondary N) is 3. The van der Waals surface area contributed by atoms with Crippen molar-refractivity contribution in [3.63, 3.8) is 0 Å². The van der Waals surface area contributed by atoms with Crippen molar-refractivity contribution in [1.82, 2.24) is 30.5 Å². The van der Waals surface area contributed by atoms with Gasteiger partial charge >= 0.3 is 6.03 Å². The van der Waals surface area contributed by atoms with Crippen molar-refractivity contribution >= 4 is 17.8 Å². The maximum absolute atomic E-state index is 13.6. The molecule has 0 radical (unpaired) electrons. The molecule has 12 nitrogen and oxygen atoms in total. The van der Waals surface area contributed by atoms with Gasteiger partial charge in [-0.15, -0.1) is 0 Å². The van der Waals surface area contributed by atoms with E-state index in [1.165, 1.54) is 19.4 Å². The van der Waals surface area contributed by atoms with Gasteiger partial charge in [0.25, 0.3) is 5.91 Å². The average Bonchev–Trinajstić information content (AvgIpc) is 3.60. The summed E-state index contributed by atoms with van der Waals surface area (Å²) in [6.45, 7) is 4.71. The Balaban J connectivity index is 1.46. The Morgan fingerprint density at radius 2 is 1.77 bits per heavy atom. The van der Waals surface area contributed by atoms with Gasteiger partial charge < -0.3 is 14.8 Å². The van der Waals surface area contributed by atoms with Crippen LogP contribution in [0.2, 0.25) is 0 Å². The fourth-order valence-electron chi connectivity index (χ4n) is 5.42. The minimum Gasteiger partial charge on any atom is -0.480 e. The summed E-state index contributed by atoms with van der Waals surface area (Å²) in [4.78, 5) is 32.4. The van der Waals surface area contributed by atoms with Crippen LogP contribution in [0.5, 0.6) is 5.88 Å². The Kier molecular flexibility index (Phi) is 9.30. The van der Waals surface area contributed by atoms with Crippen molar-refractivity contribution in [1.29, 1.82) is 0 Å². The number of pyridine rings is 1. The van der Waals surface area contributed by atoms with E-state index in [0.717, 1.165) is 24.3 Å². The first-order valence-electron chi connectivity index (χ1n) is 13.9. The number of hydroxylamine groups is 1. The number of likely N-dealkylation sites (tertiary alicyclic amines) is 1. The maximum atomic E-state index is 13.6. The van der Waals surface area contributed by atoms with Crippen LogP contribution in [0.15, 0.2) is 72.9 Å². The maximum Gasteiger partial charge on any atom is 0.320 e. The zero-order valence-electron chi connectivity index (χ0n) is 24.3. The van der Waals surface area contributed by atoms with Crippen LogP contribution in [0.1, 0.15) is 27.4 Å². The topological polar surface area (TPSA) is 143 Å². The summed E-state index contributed by atoms with van der Waals surface area (Å²) in [5, 5.41) is 20.3. The average molecular weight is 586 g/mol. The number of anilines is 1. The monoisotopic (exact) mass is 585 g/mol. The zero-order chi connectivity index (χ0) is 30.3. The first-order valence-corrected chi connectivity index (χ1v) is 13.9. The number of nitrogens with zero attached hydrogens (tertiary/aromatic N) is 4. The molecule has 2 aromatic carbocycles. The fourth-order valence-corrected chi connectivity index (χ4v) is 5.42. The van der Waals surface area contributed by atoms with Crippen LogP contribution in [0, 0.1) is 6.92 Å². The second kappa shape index (κ2) is 13.5. The van der Waals surface area contributed by atoms with Gasteiger partial charge in [-0.3, -0.25) is 20.2 Å². The quantitative estimate of drug-likeness (QED) is 0.163. The second-order valence-electron chi connectivity index (χ2n) is 10.3. The number of aromatic nitrogens is 3. The van der Waals surface area contributed by atoms with Gasteiger partial charge in [0.1, 0.15) is 11.4 Å². The molecule has 224 valence electrons. The van der Waals surface area contributed by atoms with Gasteiger partial charge in [-0.05, 0) is 30.7 Å². The van der Waals surface area contributed by atoms with Gasteiger partial charge in [-0.1, -0.05) is 48.5 Å². The third kappa shape index (κ3) is 6.51. The number of para-hydroxylation sites is 1. The van der Waals surface area contributed by atoms with Crippen LogP contribution in [0.3, 0.4) is 0 Å². The Morgan fingerprint density at radius 3 is 2.44 bits per heavy atom. The first kappa shape index (κ1) is 29.7. The summed E-state index contributed by atoms with van der Waals surface area (Å²) in [6, 6.07) is 20.6. The highest BCUT2D eigenvalue weighted by Gasteiger charge is 2.35. The van der Waals surface area contributed by atoms with E-state index < -0.39 is 5.91 Å². The second-order valence-corrected chi connectivity index (χ2v) is 10.3. The third-order valence-electron chi connectivity index (χ3n) is 7.57. The number of methoxy groups -OCH3 is 2. The minimum atomic E-state index is -0.770. The number of rotatable bonds is 10. The minimum absolute atomic E-state index is 0.0367. The number of ether oxygens (including phenoxy) is 2. The number of benzene rings is 2. The summed E-state index contributed by atoms with van der Waals surface area (Å²) in [7, 11) is 3.07. The molecule has 4 N–H and O–H groups in total. The van der Waals surface area contributed by atoms with E-state index in [4.69, 9.17) is 14.6 Å². The van der Waals surface area contributed by atoms with Gasteiger partial charge in [0, 0.05) is 50.0 Å². The lowest BCUT2D eigenvalue weighted by molar-refractivity contribution is 0.0702. The van der Waals surface area contributed by atoms with Crippen LogP contribution in [0.4, 0.5) is 10.6 Å². The Labute approximate surface area is 249 Å². The van der Waals surface area contributed by atoms with Crippen molar-refractivity contribution in [2.45, 2.75) is 18.9 Å². The number of urea groups is 1. The molecule has 2 aromatic heterocycles. The summed E-state index contributed by atoms with van der Waals surface area (Å²) in [6.07, 6.45) is 1.53. The van der Waals surface area contributed by atoms with Crippen molar-refractivity contribution in [3.8, 4) is 22.8 Å². The predicted molar refractivity (Wildman–Crippen MR) is 161 cm³/mol. The first-order chi connectivity index (χ1) is 20.9. The van der Waals surface area contributed by atoms with Crippen molar-refractivity contribution in [2.24, 2.45) is 0 Å². The van der Waals surface area contributed by atoms with Gasteiger partial charge in [-0.25, -0.2) is 19.9 Å². The van der Waals surface area contributed by atoms with Crippen molar-refractivity contribution in [2.75, 3.05) is 45.8 Å². The molecule has 0 aliphatic carbocycles. The number of hydrogen-bond donors (Lipinski definition) is 4. The van der Waals surface area contributed by atoms with Crippen molar-refractivity contribution < 1.29 is 24.3 Å². The van der Waals surface area contributed by atoms with Crippen LogP contribution < -0.4 is 20.9 Å². The Morgan fingerprint density at radius 1 is 1.05 bits per heavy atom. The van der Waals surface area contributed by atoms with Crippen LogP contribution in [0.25, 0.3) is 16.9 Å². The lowest BCUT2D eigenvalue weighted by atomic mass is 9.94. The number of hydrogen-bond acceptors (Lipinski definition) is 8. The molecule has 0 saturated carbocycles. The summed E-state index contributed by atoms with van der Waals surface area (Å²) in [5.41, 5.74) is 5.21. The summed E-state index contributed by atoms with van der Waals surface area (Å²) >= 11 is 0. The molecule has 1 fully saturated rings. The van der Waals surface area contributed by atoms with E-state index in [0.29, 0.717) is 35.8 Å². The van der Waals surface area contributed by atoms with Gasteiger partial charge in [0.15, 0.2) is 0 Å². The van der Waals surface area contributed by atoms with E-state index in [1.54, 1.807) is 17.3 Å². The number of carbonyl (C=O) groups is 2. The van der Waals surface area contributed by atoms with Gasteiger partial charge in [0.05, 0.1) is 31.1 Å². The van der Waals surface area contributed by atoms with Crippen molar-refractivity contribution in [3.05, 3.63) is 89.6 Å². The molecule has 3 amide bonds. The van der Waals surface area contributed by atoms with E-state index in [2.05, 4.69) is 32.7 Å². The van der Waals surface area contributed by atoms with E-state index in [1.807, 2.05) is 55.5 Å². The number of amides is 3. The molecule has 1 aliphatic heterocycles. The van der Waals surface area contributed by atoms with Crippen LogP contribution >= 0.6 is 0 Å². The van der Waals surface area contributed by atoms with E-state index >= 15 is 0 Å². The number of carbonyl (C=O) groups excluding carboxylic acids is 2. The lowest BCUT2D eigenvalue weighted by Gasteiger charge is -2.21. The van der Waals surface area contributed by atoms with Gasteiger partial charge in [0.2, 0.25) is 5.88 Å². The Bertz CT molecular complexity index is 1560. The highest BCUT2D eigenvalue weighted by atomic mass is 16.5. The molecule has 1 aliphatic rings. The molecule has 0 unspecified atom stereocenters. The van der Waals surface area contributed by atoms with Crippen LogP contribution in [-0.2, 0) is 4.74 Å². The van der Waals surface area contributed by atoms with E-state index in [-0.39, 0.29) is 29.4 Å². The molecule has 0 bridgehead atoms. The van der Waals surface area contributed by atoms with E-state index in [9.17, 15) is 14.8 Å². The largest absolute Gasteiger partial charge is 0.480 e. The SMILES string of the molecule is COCCN1C[C@@H](NC(=O)Nc2c(C)c(-c3cnc(OC)c(C(=O)NO)c3)nn2-c2ccccc2)[C@H](c2ccccc2)C1. The molecule has 2 atom stereocenters. The standard InChI is InChI=1S/C31H35N7O5/c1-20-27(22-16-24(29(39)36-41)30(43-3)32-17-22)35-38(23-12-8-5-9-13-23)28(20)34-31(40)33-26-19-37(14-15-42-2)18-25(26)21-10-6-4-7-11-21/h4-13,16-17,25-26,41H,14-15,18-19H2,1-3H3,(H,36,39)(H2,33,34,40)/t25-,26+/m0/s1. The fraction of sp³-hybridized carbons (Fsp3) is 0.290. The molecule has 5 rings (SSSR count). The smallest absolute Gasteiger partial charge is 0.320 e. The molecular formula is C31H35N7O5. The normalized spacial score (nSPS) is 16.6. The molecular weight excluding hydrogens is 550 g/mol. The third-order valence-corrected chi connectivity index (χ3v) is 7.57. The lowest BCUT2D eigenvalue weighted by Crippen LogP contribution is -2.42. The molecule has 1 saturated heterocycles. The predicted octanol–water partition coefficient (Wildman–Crippen LogP) is 3.61. The summed E-state index contributed by atoms with van der Waals surface area (Å²) < 4.78 is 12.1. The highest BCUT2D eigenvalue weighted by Crippen LogP contribution is 2.33. The molecule has 43 heavy (non-hydrogen) atoms. The Hall–Kier alpha value is -4.78. The molecule has 12 heteroatoms. The highest BCUT2D eigenvalue weighted by molar-refractivity contribution is 5.97.